The standard InChI is InChI=1S/C21H20S/c1-13(2)14(3)17-9-6-10-19-21(17)18-11-15-7-4-5-8-16(15)12-20(18)22-19/h4-14H,1-3H3. The fourth-order valence-corrected chi connectivity index (χ4v) is 4.45. The van der Waals surface area contributed by atoms with Crippen LogP contribution in [-0.2, 0) is 0 Å². The van der Waals surface area contributed by atoms with E-state index in [1.807, 2.05) is 11.3 Å². The molecule has 0 saturated carbocycles. The largest absolute Gasteiger partial charge is 0.135 e. The number of hydrogen-bond acceptors (Lipinski definition) is 1. The second-order valence-electron chi connectivity index (χ2n) is 6.55. The van der Waals surface area contributed by atoms with Gasteiger partial charge in [-0.3, -0.25) is 0 Å². The lowest BCUT2D eigenvalue weighted by Crippen LogP contribution is -2.02. The molecule has 1 unspecified atom stereocenters. The van der Waals surface area contributed by atoms with Crippen LogP contribution in [0.2, 0.25) is 0 Å². The average molecular weight is 304 g/mol. The van der Waals surface area contributed by atoms with E-state index in [0.717, 1.165) is 0 Å². The van der Waals surface area contributed by atoms with Gasteiger partial charge in [0.1, 0.15) is 0 Å². The van der Waals surface area contributed by atoms with Crippen molar-refractivity contribution in [3.05, 3.63) is 60.2 Å². The zero-order valence-electron chi connectivity index (χ0n) is 13.3. The minimum atomic E-state index is 0.577. The molecule has 1 aromatic heterocycles. The van der Waals surface area contributed by atoms with Crippen molar-refractivity contribution in [2.24, 2.45) is 5.92 Å². The lowest BCUT2D eigenvalue weighted by Gasteiger charge is -2.17. The second-order valence-corrected chi connectivity index (χ2v) is 7.63. The van der Waals surface area contributed by atoms with Crippen LogP contribution in [-0.4, -0.2) is 0 Å². The van der Waals surface area contributed by atoms with Gasteiger partial charge >= 0.3 is 0 Å². The van der Waals surface area contributed by atoms with E-state index in [1.54, 1.807) is 0 Å². The first-order valence-electron chi connectivity index (χ1n) is 7.99. The molecule has 0 spiro atoms. The first-order valence-corrected chi connectivity index (χ1v) is 8.80. The van der Waals surface area contributed by atoms with E-state index >= 15 is 0 Å². The molecule has 4 aromatic rings. The Bertz CT molecular complexity index is 975. The number of thiophene rings is 1. The molecule has 0 nitrogen and oxygen atoms in total. The Morgan fingerprint density at radius 2 is 1.50 bits per heavy atom. The Morgan fingerprint density at radius 3 is 2.23 bits per heavy atom. The van der Waals surface area contributed by atoms with Gasteiger partial charge in [-0.2, -0.15) is 0 Å². The summed E-state index contributed by atoms with van der Waals surface area (Å²) in [5, 5.41) is 5.55. The van der Waals surface area contributed by atoms with Gasteiger partial charge in [0.05, 0.1) is 0 Å². The van der Waals surface area contributed by atoms with E-state index in [1.165, 1.54) is 36.5 Å². The summed E-state index contributed by atoms with van der Waals surface area (Å²) in [6, 6.07) is 20.2. The van der Waals surface area contributed by atoms with Crippen molar-refractivity contribution in [2.45, 2.75) is 26.7 Å². The van der Waals surface area contributed by atoms with Crippen LogP contribution in [0.1, 0.15) is 32.3 Å². The summed E-state index contributed by atoms with van der Waals surface area (Å²) >= 11 is 1.92. The molecule has 0 bridgehead atoms. The Labute approximate surface area is 135 Å². The van der Waals surface area contributed by atoms with Crippen molar-refractivity contribution >= 4 is 42.3 Å². The highest BCUT2D eigenvalue weighted by Gasteiger charge is 2.16. The minimum absolute atomic E-state index is 0.577. The van der Waals surface area contributed by atoms with E-state index in [9.17, 15) is 0 Å². The van der Waals surface area contributed by atoms with Gasteiger partial charge in [-0.1, -0.05) is 57.2 Å². The maximum Gasteiger partial charge on any atom is 0.0361 e. The molecule has 22 heavy (non-hydrogen) atoms. The van der Waals surface area contributed by atoms with Gasteiger partial charge in [-0.25, -0.2) is 0 Å². The Kier molecular flexibility index (Phi) is 3.19. The average Bonchev–Trinajstić information content (AvgIpc) is 2.89. The molecule has 0 aliphatic carbocycles. The fourth-order valence-electron chi connectivity index (χ4n) is 3.28. The third-order valence-corrected chi connectivity index (χ3v) is 6.00. The van der Waals surface area contributed by atoms with E-state index in [-0.39, 0.29) is 0 Å². The van der Waals surface area contributed by atoms with Crippen molar-refractivity contribution in [1.29, 1.82) is 0 Å². The summed E-state index contributed by atoms with van der Waals surface area (Å²) in [6.45, 7) is 6.98. The van der Waals surface area contributed by atoms with E-state index in [0.29, 0.717) is 11.8 Å². The van der Waals surface area contributed by atoms with Crippen molar-refractivity contribution in [3.63, 3.8) is 0 Å². The van der Waals surface area contributed by atoms with Crippen LogP contribution in [0.4, 0.5) is 0 Å². The zero-order valence-corrected chi connectivity index (χ0v) is 14.1. The highest BCUT2D eigenvalue weighted by Crippen LogP contribution is 2.41. The molecule has 1 atom stereocenters. The molecule has 0 fully saturated rings. The SMILES string of the molecule is CC(C)C(C)c1cccc2sc3cc4ccccc4cc3c12. The summed E-state index contributed by atoms with van der Waals surface area (Å²) in [4.78, 5) is 0. The summed E-state index contributed by atoms with van der Waals surface area (Å²) in [7, 11) is 0. The quantitative estimate of drug-likeness (QED) is 0.375. The fraction of sp³-hybridized carbons (Fsp3) is 0.238. The molecule has 0 aliphatic heterocycles. The molecular weight excluding hydrogens is 284 g/mol. The van der Waals surface area contributed by atoms with Gasteiger partial charge in [0.2, 0.25) is 0 Å². The zero-order chi connectivity index (χ0) is 15.3. The van der Waals surface area contributed by atoms with Gasteiger partial charge in [0.15, 0.2) is 0 Å². The predicted molar refractivity (Wildman–Crippen MR) is 100 cm³/mol. The summed E-state index contributed by atoms with van der Waals surface area (Å²) < 4.78 is 2.81. The van der Waals surface area contributed by atoms with Crippen molar-refractivity contribution < 1.29 is 0 Å². The maximum absolute atomic E-state index is 2.38. The highest BCUT2D eigenvalue weighted by molar-refractivity contribution is 7.25. The van der Waals surface area contributed by atoms with E-state index in [2.05, 4.69) is 75.4 Å². The van der Waals surface area contributed by atoms with Crippen LogP contribution in [0.15, 0.2) is 54.6 Å². The summed E-state index contributed by atoms with van der Waals surface area (Å²) in [5.41, 5.74) is 1.49. The van der Waals surface area contributed by atoms with Gasteiger partial charge < -0.3 is 0 Å². The summed E-state index contributed by atoms with van der Waals surface area (Å²) in [6.07, 6.45) is 0. The normalized spacial score (nSPS) is 13.5. The van der Waals surface area contributed by atoms with Gasteiger partial charge in [-0.05, 0) is 46.4 Å². The Hall–Kier alpha value is -1.86. The maximum atomic E-state index is 2.38. The lowest BCUT2D eigenvalue weighted by atomic mass is 9.87. The van der Waals surface area contributed by atoms with Crippen LogP contribution in [0.25, 0.3) is 30.9 Å². The molecule has 0 aliphatic rings. The Balaban J connectivity index is 2.12. The predicted octanol–water partition coefficient (Wildman–Crippen LogP) is 6.97. The number of fused-ring (bicyclic) bond motifs is 4. The molecule has 1 heterocycles. The first kappa shape index (κ1) is 13.8. The topological polar surface area (TPSA) is 0 Å². The molecule has 4 rings (SSSR count). The third-order valence-electron chi connectivity index (χ3n) is 4.89. The number of rotatable bonds is 2. The molecule has 110 valence electrons. The highest BCUT2D eigenvalue weighted by atomic mass is 32.1. The molecular formula is C21H20S. The third kappa shape index (κ3) is 2.04. The Morgan fingerprint density at radius 1 is 0.773 bits per heavy atom. The second kappa shape index (κ2) is 5.10. The van der Waals surface area contributed by atoms with Crippen LogP contribution >= 0.6 is 11.3 Å². The molecule has 0 N–H and O–H groups in total. The smallest absolute Gasteiger partial charge is 0.0361 e. The van der Waals surface area contributed by atoms with Gasteiger partial charge in [0, 0.05) is 20.2 Å². The minimum Gasteiger partial charge on any atom is -0.135 e. The van der Waals surface area contributed by atoms with Crippen LogP contribution in [0.5, 0.6) is 0 Å². The van der Waals surface area contributed by atoms with E-state index < -0.39 is 0 Å². The molecule has 1 heteroatoms. The monoisotopic (exact) mass is 304 g/mol. The van der Waals surface area contributed by atoms with E-state index in [4.69, 9.17) is 0 Å². The van der Waals surface area contributed by atoms with Crippen LogP contribution in [0.3, 0.4) is 0 Å². The summed E-state index contributed by atoms with van der Waals surface area (Å²) in [5.74, 6) is 1.23. The van der Waals surface area contributed by atoms with Gasteiger partial charge in [-0.15, -0.1) is 11.3 Å². The van der Waals surface area contributed by atoms with Crippen LogP contribution in [0, 0.1) is 5.92 Å². The van der Waals surface area contributed by atoms with Gasteiger partial charge in [0.25, 0.3) is 0 Å². The number of hydrogen-bond donors (Lipinski definition) is 0. The van der Waals surface area contributed by atoms with Crippen LogP contribution < -0.4 is 0 Å². The van der Waals surface area contributed by atoms with Crippen molar-refractivity contribution in [2.75, 3.05) is 0 Å². The molecule has 0 radical (unpaired) electrons. The molecule has 3 aromatic carbocycles. The van der Waals surface area contributed by atoms with Crippen molar-refractivity contribution in [1.82, 2.24) is 0 Å². The molecule has 0 amide bonds. The first-order chi connectivity index (χ1) is 10.6. The number of benzene rings is 3. The van der Waals surface area contributed by atoms with Crippen molar-refractivity contribution in [3.8, 4) is 0 Å². The molecule has 0 saturated heterocycles. The lowest BCUT2D eigenvalue weighted by molar-refractivity contribution is 0.538.